The van der Waals surface area contributed by atoms with Crippen LogP contribution < -0.4 is 0 Å². The highest BCUT2D eigenvalue weighted by Gasteiger charge is 2.02. The third-order valence-electron chi connectivity index (χ3n) is 3.05. The Morgan fingerprint density at radius 3 is 1.84 bits per heavy atom. The standard InChI is InChI=1S/C17H18.C2H6/c1-3-14-10-12-16(13-11-14)17(4-2)15-8-6-5-7-9-15;1-2/h4-13H,3H2,1-2H3;1-2H3/b17-4-;. The van der Waals surface area contributed by atoms with E-state index in [4.69, 9.17) is 0 Å². The van der Waals surface area contributed by atoms with E-state index in [9.17, 15) is 0 Å². The van der Waals surface area contributed by atoms with Gasteiger partial charge in [0.1, 0.15) is 0 Å². The molecular weight excluding hydrogens is 228 g/mol. The first-order chi connectivity index (χ1) is 9.35. The van der Waals surface area contributed by atoms with Crippen molar-refractivity contribution in [3.05, 3.63) is 77.4 Å². The zero-order chi connectivity index (χ0) is 14.1. The lowest BCUT2D eigenvalue weighted by Crippen LogP contribution is -1.88. The predicted molar refractivity (Wildman–Crippen MR) is 86.4 cm³/mol. The molecule has 0 aliphatic heterocycles. The molecule has 0 heterocycles. The quantitative estimate of drug-likeness (QED) is 0.654. The summed E-state index contributed by atoms with van der Waals surface area (Å²) in [4.78, 5) is 0. The molecule has 2 rings (SSSR count). The fraction of sp³-hybridized carbons (Fsp3) is 0.263. The Morgan fingerprint density at radius 2 is 1.37 bits per heavy atom. The topological polar surface area (TPSA) is 0 Å². The van der Waals surface area contributed by atoms with Crippen LogP contribution in [0.25, 0.3) is 5.57 Å². The van der Waals surface area contributed by atoms with Crippen molar-refractivity contribution in [2.45, 2.75) is 34.1 Å². The first kappa shape index (κ1) is 15.2. The highest BCUT2D eigenvalue weighted by molar-refractivity contribution is 5.79. The Balaban J connectivity index is 0.000000861. The van der Waals surface area contributed by atoms with Crippen LogP contribution in [0.15, 0.2) is 60.7 Å². The summed E-state index contributed by atoms with van der Waals surface area (Å²) >= 11 is 0. The van der Waals surface area contributed by atoms with Gasteiger partial charge in [0.2, 0.25) is 0 Å². The van der Waals surface area contributed by atoms with E-state index in [1.807, 2.05) is 13.8 Å². The van der Waals surface area contributed by atoms with Crippen LogP contribution in [-0.2, 0) is 6.42 Å². The van der Waals surface area contributed by atoms with Gasteiger partial charge in [-0.05, 0) is 35.6 Å². The number of hydrogen-bond acceptors (Lipinski definition) is 0. The minimum absolute atomic E-state index is 1.09. The molecule has 0 saturated heterocycles. The van der Waals surface area contributed by atoms with Crippen molar-refractivity contribution in [1.29, 1.82) is 0 Å². The highest BCUT2D eigenvalue weighted by Crippen LogP contribution is 2.23. The summed E-state index contributed by atoms with van der Waals surface area (Å²) in [5.74, 6) is 0. The predicted octanol–water partition coefficient (Wildman–Crippen LogP) is 5.73. The lowest BCUT2D eigenvalue weighted by atomic mass is 9.97. The lowest BCUT2D eigenvalue weighted by molar-refractivity contribution is 1.14. The molecule has 2 aromatic rings. The molecule has 2 aromatic carbocycles. The van der Waals surface area contributed by atoms with E-state index in [1.165, 1.54) is 22.3 Å². The van der Waals surface area contributed by atoms with Gasteiger partial charge in [-0.15, -0.1) is 0 Å². The molecule has 0 nitrogen and oxygen atoms in total. The van der Waals surface area contributed by atoms with E-state index in [-0.39, 0.29) is 0 Å². The Hall–Kier alpha value is -1.82. The van der Waals surface area contributed by atoms with Crippen molar-refractivity contribution in [3.63, 3.8) is 0 Å². The minimum Gasteiger partial charge on any atom is -0.0792 e. The zero-order valence-corrected chi connectivity index (χ0v) is 12.5. The van der Waals surface area contributed by atoms with Crippen LogP contribution in [0.2, 0.25) is 0 Å². The molecule has 0 radical (unpaired) electrons. The van der Waals surface area contributed by atoms with Crippen LogP contribution in [0, 0.1) is 0 Å². The molecule has 100 valence electrons. The Labute approximate surface area is 117 Å². The van der Waals surface area contributed by atoms with Crippen LogP contribution in [0.1, 0.15) is 44.4 Å². The second kappa shape index (κ2) is 8.31. The van der Waals surface area contributed by atoms with Gasteiger partial charge in [0.05, 0.1) is 0 Å². The maximum atomic E-state index is 2.21. The first-order valence-electron chi connectivity index (χ1n) is 7.16. The van der Waals surface area contributed by atoms with Crippen LogP contribution in [0.4, 0.5) is 0 Å². The number of aryl methyl sites for hydroxylation is 1. The van der Waals surface area contributed by atoms with Crippen molar-refractivity contribution in [2.75, 3.05) is 0 Å². The lowest BCUT2D eigenvalue weighted by Gasteiger charge is -2.08. The Morgan fingerprint density at radius 1 is 0.842 bits per heavy atom. The molecule has 0 atom stereocenters. The number of benzene rings is 2. The molecule has 0 amide bonds. The second-order valence-electron chi connectivity index (χ2n) is 4.12. The summed E-state index contributed by atoms with van der Waals surface area (Å²) in [6.45, 7) is 8.28. The molecule has 0 bridgehead atoms. The van der Waals surface area contributed by atoms with Crippen LogP contribution in [0.3, 0.4) is 0 Å². The summed E-state index contributed by atoms with van der Waals surface area (Å²) in [5, 5.41) is 0. The maximum Gasteiger partial charge on any atom is -0.0154 e. The van der Waals surface area contributed by atoms with E-state index in [1.54, 1.807) is 0 Å². The van der Waals surface area contributed by atoms with Gasteiger partial charge in [0.15, 0.2) is 0 Å². The van der Waals surface area contributed by atoms with Gasteiger partial charge in [0.25, 0.3) is 0 Å². The summed E-state index contributed by atoms with van der Waals surface area (Å²) in [6, 6.07) is 19.4. The third-order valence-corrected chi connectivity index (χ3v) is 3.05. The summed E-state index contributed by atoms with van der Waals surface area (Å²) in [7, 11) is 0. The molecule has 0 aliphatic carbocycles. The van der Waals surface area contributed by atoms with Crippen LogP contribution in [0.5, 0.6) is 0 Å². The van der Waals surface area contributed by atoms with E-state index >= 15 is 0 Å². The molecule has 0 aromatic heterocycles. The van der Waals surface area contributed by atoms with Gasteiger partial charge in [-0.2, -0.15) is 0 Å². The van der Waals surface area contributed by atoms with Gasteiger partial charge in [-0.1, -0.05) is 81.4 Å². The summed E-state index contributed by atoms with van der Waals surface area (Å²) in [6.07, 6.45) is 3.27. The van der Waals surface area contributed by atoms with Gasteiger partial charge in [0, 0.05) is 0 Å². The molecule has 0 heteroatoms. The second-order valence-corrected chi connectivity index (χ2v) is 4.12. The van der Waals surface area contributed by atoms with Gasteiger partial charge < -0.3 is 0 Å². The smallest absolute Gasteiger partial charge is 0.0154 e. The summed E-state index contributed by atoms with van der Waals surface area (Å²) < 4.78 is 0. The number of rotatable bonds is 3. The average Bonchev–Trinajstić information content (AvgIpc) is 2.52. The monoisotopic (exact) mass is 252 g/mol. The Bertz CT molecular complexity index is 489. The van der Waals surface area contributed by atoms with Gasteiger partial charge in [-0.25, -0.2) is 0 Å². The molecule has 0 aliphatic rings. The largest absolute Gasteiger partial charge is 0.0792 e. The number of hydrogen-bond donors (Lipinski definition) is 0. The molecular formula is C19H24. The molecule has 19 heavy (non-hydrogen) atoms. The van der Waals surface area contributed by atoms with Crippen molar-refractivity contribution < 1.29 is 0 Å². The molecule has 0 N–H and O–H groups in total. The van der Waals surface area contributed by atoms with Crippen molar-refractivity contribution >= 4 is 5.57 Å². The normalized spacial score (nSPS) is 10.6. The molecule has 0 spiro atoms. The van der Waals surface area contributed by atoms with Gasteiger partial charge in [-0.3, -0.25) is 0 Å². The van der Waals surface area contributed by atoms with Gasteiger partial charge >= 0.3 is 0 Å². The van der Waals surface area contributed by atoms with Crippen molar-refractivity contribution in [2.24, 2.45) is 0 Å². The van der Waals surface area contributed by atoms with Crippen molar-refractivity contribution in [1.82, 2.24) is 0 Å². The minimum atomic E-state index is 1.09. The molecule has 0 unspecified atom stereocenters. The summed E-state index contributed by atoms with van der Waals surface area (Å²) in [5.41, 5.74) is 5.25. The van der Waals surface area contributed by atoms with E-state index < -0.39 is 0 Å². The SMILES string of the molecule is C/C=C(/c1ccccc1)c1ccc(CC)cc1.CC. The zero-order valence-electron chi connectivity index (χ0n) is 12.5. The van der Waals surface area contributed by atoms with Crippen LogP contribution >= 0.6 is 0 Å². The fourth-order valence-electron chi connectivity index (χ4n) is 2.04. The third kappa shape index (κ3) is 4.10. The van der Waals surface area contributed by atoms with E-state index in [0.29, 0.717) is 0 Å². The average molecular weight is 252 g/mol. The molecule has 0 saturated carbocycles. The maximum absolute atomic E-state index is 2.21. The van der Waals surface area contributed by atoms with E-state index in [0.717, 1.165) is 6.42 Å². The number of allylic oxidation sites excluding steroid dienone is 1. The Kier molecular flexibility index (Phi) is 6.67. The molecule has 0 fully saturated rings. The van der Waals surface area contributed by atoms with Crippen molar-refractivity contribution in [3.8, 4) is 0 Å². The fourth-order valence-corrected chi connectivity index (χ4v) is 2.04. The first-order valence-corrected chi connectivity index (χ1v) is 7.16. The van der Waals surface area contributed by atoms with E-state index in [2.05, 4.69) is 74.5 Å². The van der Waals surface area contributed by atoms with Crippen LogP contribution in [-0.4, -0.2) is 0 Å². The highest BCUT2D eigenvalue weighted by atomic mass is 14.1.